The smallest absolute Gasteiger partial charge is 0.218 e. The molecule has 0 fully saturated rings. The Bertz CT molecular complexity index is 482. The zero-order valence-corrected chi connectivity index (χ0v) is 12.8. The number of carbonyl (C=O) groups excluding carboxylic acids is 2. The van der Waals surface area contributed by atoms with Crippen LogP contribution in [0.3, 0.4) is 0 Å². The Morgan fingerprint density at radius 3 is 2.30 bits per heavy atom. The summed E-state index contributed by atoms with van der Waals surface area (Å²) < 4.78 is 10.3. The van der Waals surface area contributed by atoms with Crippen LogP contribution in [0.4, 0.5) is 0 Å². The van der Waals surface area contributed by atoms with Crippen molar-refractivity contribution in [3.8, 4) is 0 Å². The van der Waals surface area contributed by atoms with Gasteiger partial charge in [0, 0.05) is 23.8 Å². The minimum Gasteiger partial charge on any atom is -0.346 e. The van der Waals surface area contributed by atoms with Crippen molar-refractivity contribution in [1.82, 2.24) is 0 Å². The molecule has 0 radical (unpaired) electrons. The van der Waals surface area contributed by atoms with E-state index < -0.39 is 17.9 Å². The molecule has 20 heavy (non-hydrogen) atoms. The number of ether oxygens (including phenoxy) is 2. The monoisotopic (exact) mass is 318 g/mol. The van der Waals surface area contributed by atoms with E-state index in [2.05, 4.69) is 0 Å². The molecule has 0 aromatic heterocycles. The highest BCUT2D eigenvalue weighted by molar-refractivity contribution is 6.36. The molecule has 1 aromatic rings. The quantitative estimate of drug-likeness (QED) is 0.418. The fourth-order valence-electron chi connectivity index (χ4n) is 1.58. The van der Waals surface area contributed by atoms with Crippen LogP contribution in [0.5, 0.6) is 0 Å². The third-order valence-corrected chi connectivity index (χ3v) is 3.03. The normalized spacial score (nSPS) is 10.8. The second-order valence-electron chi connectivity index (χ2n) is 3.93. The van der Waals surface area contributed by atoms with E-state index >= 15 is 0 Å². The van der Waals surface area contributed by atoms with Gasteiger partial charge < -0.3 is 9.47 Å². The summed E-state index contributed by atoms with van der Waals surface area (Å²) in [7, 11) is 0. The van der Waals surface area contributed by atoms with Gasteiger partial charge in [-0.3, -0.25) is 9.59 Å². The van der Waals surface area contributed by atoms with Gasteiger partial charge in [0.2, 0.25) is 6.29 Å². The van der Waals surface area contributed by atoms with Crippen LogP contribution in [0.15, 0.2) is 18.2 Å². The van der Waals surface area contributed by atoms with Crippen molar-refractivity contribution in [3.63, 3.8) is 0 Å². The molecule has 0 atom stereocenters. The van der Waals surface area contributed by atoms with Gasteiger partial charge >= 0.3 is 0 Å². The summed E-state index contributed by atoms with van der Waals surface area (Å²) in [6.45, 7) is 4.13. The van der Waals surface area contributed by atoms with E-state index in [-0.39, 0.29) is 17.0 Å². The van der Waals surface area contributed by atoms with Gasteiger partial charge in [-0.1, -0.05) is 23.2 Å². The molecule has 0 aliphatic carbocycles. The number of hydrogen-bond acceptors (Lipinski definition) is 4. The van der Waals surface area contributed by atoms with Crippen molar-refractivity contribution in [2.45, 2.75) is 26.6 Å². The lowest BCUT2D eigenvalue weighted by Crippen LogP contribution is -2.29. The first kappa shape index (κ1) is 17.1. The molecule has 0 unspecified atom stereocenters. The van der Waals surface area contributed by atoms with Gasteiger partial charge in [0.1, 0.15) is 0 Å². The molecule has 6 heteroatoms. The van der Waals surface area contributed by atoms with Gasteiger partial charge in [-0.15, -0.1) is 0 Å². The molecule has 0 aliphatic rings. The minimum atomic E-state index is -1.02. The van der Waals surface area contributed by atoms with E-state index in [1.54, 1.807) is 19.9 Å². The molecular formula is C14H16Cl2O4. The van der Waals surface area contributed by atoms with Crippen molar-refractivity contribution in [2.24, 2.45) is 0 Å². The molecule has 110 valence electrons. The molecule has 1 rings (SSSR count). The lowest BCUT2D eigenvalue weighted by atomic mass is 10.1. The molecule has 0 amide bonds. The minimum absolute atomic E-state index is 0.222. The Morgan fingerprint density at radius 2 is 1.75 bits per heavy atom. The van der Waals surface area contributed by atoms with E-state index in [4.69, 9.17) is 32.7 Å². The number of rotatable bonds is 8. The Hall–Kier alpha value is -0.940. The van der Waals surface area contributed by atoms with Gasteiger partial charge in [0.05, 0.1) is 11.4 Å². The summed E-state index contributed by atoms with van der Waals surface area (Å²) in [5, 5.41) is 0.646. The lowest BCUT2D eigenvalue weighted by Gasteiger charge is -2.15. The first-order chi connectivity index (χ1) is 9.49. The van der Waals surface area contributed by atoms with Crippen molar-refractivity contribution in [2.75, 3.05) is 13.2 Å². The summed E-state index contributed by atoms with van der Waals surface area (Å²) in [4.78, 5) is 24.0. The second kappa shape index (κ2) is 8.37. The third kappa shape index (κ3) is 4.87. The summed E-state index contributed by atoms with van der Waals surface area (Å²) >= 11 is 11.7. The van der Waals surface area contributed by atoms with Crippen molar-refractivity contribution < 1.29 is 19.1 Å². The summed E-state index contributed by atoms with van der Waals surface area (Å²) in [6, 6.07) is 4.53. The Balaban J connectivity index is 2.78. The summed E-state index contributed by atoms with van der Waals surface area (Å²) in [6.07, 6.45) is -1.36. The van der Waals surface area contributed by atoms with Crippen LogP contribution in [0.2, 0.25) is 10.0 Å². The molecule has 0 heterocycles. The van der Waals surface area contributed by atoms with Gasteiger partial charge in [-0.25, -0.2) is 0 Å². The van der Waals surface area contributed by atoms with Gasteiger partial charge in [0.15, 0.2) is 11.6 Å². The molecule has 0 aliphatic heterocycles. The van der Waals surface area contributed by atoms with E-state index in [0.717, 1.165) is 0 Å². The zero-order chi connectivity index (χ0) is 15.1. The molecule has 0 N–H and O–H groups in total. The second-order valence-corrected chi connectivity index (χ2v) is 4.78. The number of ketones is 2. The fourth-order valence-corrected chi connectivity index (χ4v) is 1.98. The molecule has 1 aromatic carbocycles. The maximum absolute atomic E-state index is 12.1. The molecule has 0 saturated carbocycles. The maximum atomic E-state index is 12.1. The van der Waals surface area contributed by atoms with E-state index in [1.807, 2.05) is 0 Å². The highest BCUT2D eigenvalue weighted by atomic mass is 35.5. The molecule has 0 bridgehead atoms. The Kier molecular flexibility index (Phi) is 7.16. The molecule has 0 spiro atoms. The average molecular weight is 319 g/mol. The third-order valence-electron chi connectivity index (χ3n) is 2.46. The van der Waals surface area contributed by atoms with Crippen LogP contribution >= 0.6 is 23.2 Å². The SMILES string of the molecule is CCOC(OCC)C(=O)CC(=O)c1cc(Cl)ccc1Cl. The predicted molar refractivity (Wildman–Crippen MR) is 77.5 cm³/mol. The highest BCUT2D eigenvalue weighted by Crippen LogP contribution is 2.22. The van der Waals surface area contributed by atoms with Crippen LogP contribution in [0, 0.1) is 0 Å². The van der Waals surface area contributed by atoms with E-state index in [1.165, 1.54) is 12.1 Å². The highest BCUT2D eigenvalue weighted by Gasteiger charge is 2.23. The Labute approximate surface area is 128 Å². The zero-order valence-electron chi connectivity index (χ0n) is 11.3. The number of benzene rings is 1. The fraction of sp³-hybridized carbons (Fsp3) is 0.429. The van der Waals surface area contributed by atoms with Crippen LogP contribution in [-0.2, 0) is 14.3 Å². The van der Waals surface area contributed by atoms with Crippen LogP contribution < -0.4 is 0 Å². The van der Waals surface area contributed by atoms with Gasteiger partial charge in [-0.2, -0.15) is 0 Å². The maximum Gasteiger partial charge on any atom is 0.218 e. The van der Waals surface area contributed by atoms with Gasteiger partial charge in [0.25, 0.3) is 0 Å². The van der Waals surface area contributed by atoms with Crippen LogP contribution in [-0.4, -0.2) is 31.1 Å². The molecule has 4 nitrogen and oxygen atoms in total. The standard InChI is InChI=1S/C14H16Cl2O4/c1-3-19-14(20-4-2)13(18)8-12(17)10-7-9(15)5-6-11(10)16/h5-7,14H,3-4,8H2,1-2H3. The van der Waals surface area contributed by atoms with Crippen molar-refractivity contribution >= 4 is 34.8 Å². The van der Waals surface area contributed by atoms with Crippen molar-refractivity contribution in [1.29, 1.82) is 0 Å². The Morgan fingerprint density at radius 1 is 1.15 bits per heavy atom. The van der Waals surface area contributed by atoms with Crippen LogP contribution in [0.25, 0.3) is 0 Å². The number of halogens is 2. The van der Waals surface area contributed by atoms with E-state index in [0.29, 0.717) is 18.2 Å². The summed E-state index contributed by atoms with van der Waals surface area (Å²) in [5.41, 5.74) is 0.222. The van der Waals surface area contributed by atoms with Crippen molar-refractivity contribution in [3.05, 3.63) is 33.8 Å². The average Bonchev–Trinajstić information content (AvgIpc) is 2.41. The van der Waals surface area contributed by atoms with Crippen LogP contribution in [0.1, 0.15) is 30.6 Å². The molecular weight excluding hydrogens is 303 g/mol. The topological polar surface area (TPSA) is 52.6 Å². The molecule has 0 saturated heterocycles. The number of Topliss-reactive ketones (excluding diaryl/α,β-unsaturated/α-hetero) is 2. The lowest BCUT2D eigenvalue weighted by molar-refractivity contribution is -0.166. The number of hydrogen-bond donors (Lipinski definition) is 0. The van der Waals surface area contributed by atoms with Gasteiger partial charge in [-0.05, 0) is 32.0 Å². The summed E-state index contributed by atoms with van der Waals surface area (Å²) in [5.74, 6) is -0.846. The first-order valence-electron chi connectivity index (χ1n) is 6.23. The predicted octanol–water partition coefficient (Wildman–Crippen LogP) is 3.53. The largest absolute Gasteiger partial charge is 0.346 e. The van der Waals surface area contributed by atoms with E-state index in [9.17, 15) is 9.59 Å². The number of carbonyl (C=O) groups is 2. The first-order valence-corrected chi connectivity index (χ1v) is 6.99.